The number of aliphatic carboxylic acids is 1. The van der Waals surface area contributed by atoms with Crippen molar-refractivity contribution in [1.29, 1.82) is 0 Å². The van der Waals surface area contributed by atoms with Gasteiger partial charge < -0.3 is 19.0 Å². The van der Waals surface area contributed by atoms with E-state index in [-0.39, 0.29) is 30.1 Å². The van der Waals surface area contributed by atoms with Gasteiger partial charge in [-0.15, -0.1) is 0 Å². The maximum absolute atomic E-state index is 12.2. The van der Waals surface area contributed by atoms with E-state index < -0.39 is 25.3 Å². The van der Waals surface area contributed by atoms with Crippen molar-refractivity contribution in [3.63, 3.8) is 0 Å². The van der Waals surface area contributed by atoms with Gasteiger partial charge >= 0.3 is 11.9 Å². The Labute approximate surface area is 200 Å². The summed E-state index contributed by atoms with van der Waals surface area (Å²) in [5, 5.41) is 10.0. The summed E-state index contributed by atoms with van der Waals surface area (Å²) in [6.07, 6.45) is 1.91. The lowest BCUT2D eigenvalue weighted by Gasteiger charge is -2.40. The number of esters is 1. The Morgan fingerprint density at radius 1 is 1.12 bits per heavy atom. The van der Waals surface area contributed by atoms with Crippen molar-refractivity contribution in [1.82, 2.24) is 0 Å². The van der Waals surface area contributed by atoms with Gasteiger partial charge in [0.2, 0.25) is 0 Å². The van der Waals surface area contributed by atoms with E-state index >= 15 is 0 Å². The minimum absolute atomic E-state index is 0.0176. The van der Waals surface area contributed by atoms with E-state index in [9.17, 15) is 14.7 Å². The second-order valence-electron chi connectivity index (χ2n) is 12.1. The number of benzene rings is 1. The van der Waals surface area contributed by atoms with Gasteiger partial charge in [-0.3, -0.25) is 9.59 Å². The lowest BCUT2D eigenvalue weighted by Crippen LogP contribution is -2.46. The highest BCUT2D eigenvalue weighted by Gasteiger charge is 2.43. The first kappa shape index (κ1) is 27.4. The Morgan fingerprint density at radius 3 is 2.30 bits per heavy atom. The van der Waals surface area contributed by atoms with E-state index in [2.05, 4.69) is 33.9 Å². The molecule has 0 radical (unpaired) electrons. The SMILES string of the molecule is CC(C)(C)OC(=O)Cc1ccc2c(c1)CC[C@H](C[C@@](C)(CO[Si](C)(C)C(C)(C)C)C(=O)O)O2. The zero-order valence-corrected chi connectivity index (χ0v) is 22.8. The van der Waals surface area contributed by atoms with Crippen molar-refractivity contribution in [2.45, 2.75) is 104 Å². The smallest absolute Gasteiger partial charge is 0.311 e. The molecule has 0 spiro atoms. The fourth-order valence-corrected chi connectivity index (χ4v) is 4.68. The van der Waals surface area contributed by atoms with Crippen LogP contribution in [0.3, 0.4) is 0 Å². The molecule has 0 bridgehead atoms. The molecule has 0 amide bonds. The maximum atomic E-state index is 12.2. The fourth-order valence-electron chi connectivity index (χ4n) is 3.56. The second-order valence-corrected chi connectivity index (χ2v) is 16.9. The molecule has 1 aliphatic rings. The predicted octanol–water partition coefficient (Wildman–Crippen LogP) is 5.77. The van der Waals surface area contributed by atoms with Crippen molar-refractivity contribution in [3.05, 3.63) is 29.3 Å². The molecule has 0 fully saturated rings. The lowest BCUT2D eigenvalue weighted by atomic mass is 9.83. The number of carbonyl (C=O) groups excluding carboxylic acids is 1. The van der Waals surface area contributed by atoms with Gasteiger partial charge in [-0.25, -0.2) is 0 Å². The van der Waals surface area contributed by atoms with Crippen LogP contribution in [0.15, 0.2) is 18.2 Å². The van der Waals surface area contributed by atoms with Crippen LogP contribution in [0.4, 0.5) is 0 Å². The molecule has 2 rings (SSSR count). The minimum atomic E-state index is -2.06. The predicted molar refractivity (Wildman–Crippen MR) is 132 cm³/mol. The van der Waals surface area contributed by atoms with E-state index in [0.29, 0.717) is 6.42 Å². The highest BCUT2D eigenvalue weighted by Crippen LogP contribution is 2.39. The summed E-state index contributed by atoms with van der Waals surface area (Å²) in [6.45, 7) is 18.2. The zero-order chi connectivity index (χ0) is 25.2. The molecule has 0 saturated heterocycles. The van der Waals surface area contributed by atoms with Crippen molar-refractivity contribution in [2.75, 3.05) is 6.61 Å². The van der Waals surface area contributed by atoms with Gasteiger partial charge in [-0.2, -0.15) is 0 Å². The molecular formula is C26H42O6Si. The number of fused-ring (bicyclic) bond motifs is 1. The summed E-state index contributed by atoms with van der Waals surface area (Å²) >= 11 is 0. The average molecular weight is 479 g/mol. The number of ether oxygens (including phenoxy) is 2. The maximum Gasteiger partial charge on any atom is 0.311 e. The highest BCUT2D eigenvalue weighted by atomic mass is 28.4. The Kier molecular flexibility index (Phi) is 8.12. The second kappa shape index (κ2) is 9.78. The third kappa shape index (κ3) is 7.57. The number of hydrogen-bond acceptors (Lipinski definition) is 5. The Bertz CT molecular complexity index is 865. The van der Waals surface area contributed by atoms with E-state index in [0.717, 1.165) is 29.7 Å². The van der Waals surface area contributed by atoms with Crippen LogP contribution in [0.5, 0.6) is 5.75 Å². The summed E-state index contributed by atoms with van der Waals surface area (Å²) in [5.41, 5.74) is 0.409. The first-order valence-corrected chi connectivity index (χ1v) is 14.7. The normalized spacial score (nSPS) is 18.6. The summed E-state index contributed by atoms with van der Waals surface area (Å²) in [6, 6.07) is 5.75. The molecular weight excluding hydrogens is 436 g/mol. The Morgan fingerprint density at radius 2 is 1.76 bits per heavy atom. The molecule has 0 aliphatic carbocycles. The van der Waals surface area contributed by atoms with Crippen LogP contribution < -0.4 is 4.74 Å². The Hall–Kier alpha value is -1.86. The lowest BCUT2D eigenvalue weighted by molar-refractivity contribution is -0.154. The van der Waals surface area contributed by atoms with E-state index in [1.807, 2.05) is 39.0 Å². The van der Waals surface area contributed by atoms with Crippen LogP contribution in [0.2, 0.25) is 18.1 Å². The van der Waals surface area contributed by atoms with Crippen LogP contribution in [-0.4, -0.2) is 43.7 Å². The molecule has 2 atom stereocenters. The average Bonchev–Trinajstić information content (AvgIpc) is 2.64. The molecule has 186 valence electrons. The number of aryl methyl sites for hydroxylation is 1. The van der Waals surface area contributed by atoms with Gasteiger partial charge in [0.25, 0.3) is 0 Å². The van der Waals surface area contributed by atoms with Crippen molar-refractivity contribution >= 4 is 20.3 Å². The molecule has 0 unspecified atom stereocenters. The minimum Gasteiger partial charge on any atom is -0.490 e. The van der Waals surface area contributed by atoms with Crippen LogP contribution in [0, 0.1) is 5.41 Å². The van der Waals surface area contributed by atoms with Crippen molar-refractivity contribution in [2.24, 2.45) is 5.41 Å². The standard InChI is InChI=1S/C26H42O6Si/c1-24(2,3)32-22(27)15-18-10-13-21-19(14-18)11-12-20(31-21)16-26(7,23(28)29)17-30-33(8,9)25(4,5)6/h10,13-14,20H,11-12,15-17H2,1-9H3,(H,28,29)/t20-,26+/m1/s1. The molecule has 1 aromatic rings. The number of carbonyl (C=O) groups is 2. The Balaban J connectivity index is 2.05. The quantitative estimate of drug-likeness (QED) is 0.377. The van der Waals surface area contributed by atoms with Crippen LogP contribution in [0.25, 0.3) is 0 Å². The largest absolute Gasteiger partial charge is 0.490 e. The topological polar surface area (TPSA) is 82.1 Å². The molecule has 33 heavy (non-hydrogen) atoms. The first-order valence-electron chi connectivity index (χ1n) is 11.8. The van der Waals surface area contributed by atoms with Crippen LogP contribution >= 0.6 is 0 Å². The molecule has 1 aromatic carbocycles. The summed E-state index contributed by atoms with van der Waals surface area (Å²) in [7, 11) is -2.06. The molecule has 1 heterocycles. The summed E-state index contributed by atoms with van der Waals surface area (Å²) < 4.78 is 17.9. The van der Waals surface area contributed by atoms with Crippen LogP contribution in [0.1, 0.15) is 72.4 Å². The monoisotopic (exact) mass is 478 g/mol. The third-order valence-electron chi connectivity index (χ3n) is 6.67. The van der Waals surface area contributed by atoms with E-state index in [1.165, 1.54) is 0 Å². The van der Waals surface area contributed by atoms with Crippen molar-refractivity contribution < 1.29 is 28.6 Å². The van der Waals surface area contributed by atoms with E-state index in [1.54, 1.807) is 6.92 Å². The summed E-state index contributed by atoms with van der Waals surface area (Å²) in [5.74, 6) is -0.350. The number of hydrogen-bond donors (Lipinski definition) is 1. The first-order chi connectivity index (χ1) is 14.9. The highest BCUT2D eigenvalue weighted by molar-refractivity contribution is 6.74. The third-order valence-corrected chi connectivity index (χ3v) is 11.2. The van der Waals surface area contributed by atoms with Gasteiger partial charge in [0.15, 0.2) is 8.32 Å². The van der Waals surface area contributed by atoms with Crippen LogP contribution in [-0.2, 0) is 31.6 Å². The molecule has 1 N–H and O–H groups in total. The van der Waals surface area contributed by atoms with E-state index in [4.69, 9.17) is 13.9 Å². The molecule has 1 aliphatic heterocycles. The van der Waals surface area contributed by atoms with Gasteiger partial charge in [0.1, 0.15) is 17.5 Å². The fraction of sp³-hybridized carbons (Fsp3) is 0.692. The molecule has 0 saturated carbocycles. The molecule has 6 nitrogen and oxygen atoms in total. The van der Waals surface area contributed by atoms with Gasteiger partial charge in [-0.05, 0) is 75.9 Å². The zero-order valence-electron chi connectivity index (χ0n) is 21.8. The van der Waals surface area contributed by atoms with Crippen molar-refractivity contribution in [3.8, 4) is 5.75 Å². The number of carboxylic acids is 1. The number of rotatable bonds is 8. The van der Waals surface area contributed by atoms with Gasteiger partial charge in [0, 0.05) is 13.0 Å². The van der Waals surface area contributed by atoms with Gasteiger partial charge in [-0.1, -0.05) is 32.9 Å². The molecule has 7 heteroatoms. The van der Waals surface area contributed by atoms with Gasteiger partial charge in [0.05, 0.1) is 11.8 Å². The molecule has 0 aromatic heterocycles. The number of carboxylic acid groups (broad SMARTS) is 1. The summed E-state index contributed by atoms with van der Waals surface area (Å²) in [4.78, 5) is 24.3.